The van der Waals surface area contributed by atoms with E-state index in [9.17, 15) is 4.39 Å². The van der Waals surface area contributed by atoms with E-state index < -0.39 is 0 Å². The Morgan fingerprint density at radius 1 is 1.20 bits per heavy atom. The van der Waals surface area contributed by atoms with Gasteiger partial charge in [-0.2, -0.15) is 0 Å². The zero-order valence-corrected chi connectivity index (χ0v) is 11.9. The minimum absolute atomic E-state index is 0.220. The highest BCUT2D eigenvalue weighted by molar-refractivity contribution is 7.16. The molecule has 1 N–H and O–H groups in total. The van der Waals surface area contributed by atoms with Crippen LogP contribution in [0.4, 0.5) is 10.1 Å². The van der Waals surface area contributed by atoms with E-state index in [1.807, 2.05) is 0 Å². The summed E-state index contributed by atoms with van der Waals surface area (Å²) in [4.78, 5) is 9.70. The van der Waals surface area contributed by atoms with Gasteiger partial charge in [-0.1, -0.05) is 0 Å². The summed E-state index contributed by atoms with van der Waals surface area (Å²) in [6, 6.07) is 6.38. The number of benzene rings is 1. The average Bonchev–Trinajstić information content (AvgIpc) is 2.84. The number of aryl methyl sites for hydroxylation is 1. The van der Waals surface area contributed by atoms with Gasteiger partial charge in [0.25, 0.3) is 0 Å². The van der Waals surface area contributed by atoms with Crippen LogP contribution in [0.5, 0.6) is 0 Å². The number of aromatic nitrogens is 2. The molecule has 0 amide bonds. The van der Waals surface area contributed by atoms with Crippen LogP contribution < -0.4 is 5.32 Å². The smallest absolute Gasteiger partial charge is 0.127 e. The minimum atomic E-state index is -0.220. The van der Waals surface area contributed by atoms with Crippen LogP contribution in [0.25, 0.3) is 10.2 Å². The lowest BCUT2D eigenvalue weighted by molar-refractivity contribution is 0.628. The van der Waals surface area contributed by atoms with E-state index in [0.29, 0.717) is 0 Å². The quantitative estimate of drug-likeness (QED) is 0.793. The zero-order valence-electron chi connectivity index (χ0n) is 11.1. The van der Waals surface area contributed by atoms with Crippen molar-refractivity contribution >= 4 is 27.2 Å². The highest BCUT2D eigenvalue weighted by Gasteiger charge is 2.08. The van der Waals surface area contributed by atoms with Crippen LogP contribution in [0.2, 0.25) is 0 Å². The van der Waals surface area contributed by atoms with E-state index in [-0.39, 0.29) is 5.82 Å². The SMILES string of the molecule is Cc1csc2ncnc(CCNc3ccc(F)cc3)c12. The van der Waals surface area contributed by atoms with Gasteiger partial charge in [0.15, 0.2) is 0 Å². The van der Waals surface area contributed by atoms with Crippen LogP contribution in [-0.4, -0.2) is 16.5 Å². The number of hydrogen-bond donors (Lipinski definition) is 1. The first-order valence-corrected chi connectivity index (χ1v) is 7.29. The van der Waals surface area contributed by atoms with E-state index in [0.717, 1.165) is 29.2 Å². The molecule has 0 aliphatic heterocycles. The van der Waals surface area contributed by atoms with Crippen LogP contribution in [0.1, 0.15) is 11.3 Å². The lowest BCUT2D eigenvalue weighted by Crippen LogP contribution is -2.06. The Morgan fingerprint density at radius 3 is 2.80 bits per heavy atom. The van der Waals surface area contributed by atoms with Gasteiger partial charge in [0, 0.05) is 24.0 Å². The summed E-state index contributed by atoms with van der Waals surface area (Å²) in [5, 5.41) is 6.55. The Balaban J connectivity index is 1.71. The van der Waals surface area contributed by atoms with Crippen LogP contribution in [0.15, 0.2) is 36.0 Å². The molecule has 5 heteroatoms. The molecule has 0 fully saturated rings. The minimum Gasteiger partial charge on any atom is -0.385 e. The van der Waals surface area contributed by atoms with E-state index in [2.05, 4.69) is 27.6 Å². The number of nitrogens with one attached hydrogen (secondary N) is 1. The van der Waals surface area contributed by atoms with Crippen molar-refractivity contribution in [2.75, 3.05) is 11.9 Å². The fourth-order valence-corrected chi connectivity index (χ4v) is 3.09. The van der Waals surface area contributed by atoms with Crippen molar-refractivity contribution in [2.24, 2.45) is 0 Å². The van der Waals surface area contributed by atoms with Gasteiger partial charge in [0.05, 0.1) is 5.69 Å². The van der Waals surface area contributed by atoms with Gasteiger partial charge in [-0.3, -0.25) is 0 Å². The average molecular weight is 287 g/mol. The molecular weight excluding hydrogens is 273 g/mol. The second-order valence-electron chi connectivity index (χ2n) is 4.60. The van der Waals surface area contributed by atoms with Crippen molar-refractivity contribution in [1.29, 1.82) is 0 Å². The molecule has 102 valence electrons. The molecule has 0 aliphatic carbocycles. The molecule has 20 heavy (non-hydrogen) atoms. The monoisotopic (exact) mass is 287 g/mol. The summed E-state index contributed by atoms with van der Waals surface area (Å²) in [5.41, 5.74) is 3.20. The largest absolute Gasteiger partial charge is 0.385 e. The molecule has 2 heterocycles. The number of anilines is 1. The van der Waals surface area contributed by atoms with Crippen molar-refractivity contribution in [3.63, 3.8) is 0 Å². The van der Waals surface area contributed by atoms with E-state index in [4.69, 9.17) is 0 Å². The van der Waals surface area contributed by atoms with Crippen molar-refractivity contribution < 1.29 is 4.39 Å². The van der Waals surface area contributed by atoms with Crippen LogP contribution >= 0.6 is 11.3 Å². The number of thiophene rings is 1. The summed E-state index contributed by atoms with van der Waals surface area (Å²) in [6.45, 7) is 2.84. The maximum atomic E-state index is 12.8. The van der Waals surface area contributed by atoms with Gasteiger partial charge in [-0.05, 0) is 42.1 Å². The molecule has 0 aliphatic rings. The lowest BCUT2D eigenvalue weighted by atomic mass is 10.1. The first kappa shape index (κ1) is 13.0. The molecule has 3 nitrogen and oxygen atoms in total. The molecule has 1 aromatic carbocycles. The Kier molecular flexibility index (Phi) is 3.60. The van der Waals surface area contributed by atoms with Crippen LogP contribution in [0, 0.1) is 12.7 Å². The Bertz CT molecular complexity index is 722. The third kappa shape index (κ3) is 2.63. The highest BCUT2D eigenvalue weighted by Crippen LogP contribution is 2.25. The molecule has 3 aromatic rings. The second-order valence-corrected chi connectivity index (χ2v) is 5.46. The summed E-state index contributed by atoms with van der Waals surface area (Å²) in [5.74, 6) is -0.220. The fourth-order valence-electron chi connectivity index (χ4n) is 2.17. The highest BCUT2D eigenvalue weighted by atomic mass is 32.1. The molecule has 3 rings (SSSR count). The number of halogens is 1. The van der Waals surface area contributed by atoms with Gasteiger partial charge in [0.1, 0.15) is 17.0 Å². The van der Waals surface area contributed by atoms with Crippen LogP contribution in [0.3, 0.4) is 0 Å². The predicted octanol–water partition coefficient (Wildman–Crippen LogP) is 3.79. The van der Waals surface area contributed by atoms with Crippen molar-refractivity contribution in [2.45, 2.75) is 13.3 Å². The number of nitrogens with zero attached hydrogens (tertiary/aromatic N) is 2. The molecule has 0 unspecified atom stereocenters. The molecule has 0 saturated heterocycles. The molecule has 2 aromatic heterocycles. The molecular formula is C15H14FN3S. The van der Waals surface area contributed by atoms with E-state index in [1.165, 1.54) is 23.1 Å². The summed E-state index contributed by atoms with van der Waals surface area (Å²) in [6.07, 6.45) is 2.43. The molecule has 0 bridgehead atoms. The maximum Gasteiger partial charge on any atom is 0.127 e. The van der Waals surface area contributed by atoms with Gasteiger partial charge >= 0.3 is 0 Å². The number of rotatable bonds is 4. The predicted molar refractivity (Wildman–Crippen MR) is 80.7 cm³/mol. The zero-order chi connectivity index (χ0) is 13.9. The first-order valence-electron chi connectivity index (χ1n) is 6.41. The molecule has 0 radical (unpaired) electrons. The van der Waals surface area contributed by atoms with E-state index >= 15 is 0 Å². The van der Waals surface area contributed by atoms with Gasteiger partial charge < -0.3 is 5.32 Å². The number of hydrogen-bond acceptors (Lipinski definition) is 4. The third-order valence-electron chi connectivity index (χ3n) is 3.17. The summed E-state index contributed by atoms with van der Waals surface area (Å²) >= 11 is 1.65. The molecule has 0 saturated carbocycles. The van der Waals surface area contributed by atoms with Crippen LogP contribution in [-0.2, 0) is 6.42 Å². The van der Waals surface area contributed by atoms with Gasteiger partial charge in [0.2, 0.25) is 0 Å². The Labute approximate surface area is 120 Å². The van der Waals surface area contributed by atoms with E-state index in [1.54, 1.807) is 29.8 Å². The topological polar surface area (TPSA) is 37.8 Å². The Hall–Kier alpha value is -2.01. The van der Waals surface area contributed by atoms with Crippen molar-refractivity contribution in [1.82, 2.24) is 9.97 Å². The third-order valence-corrected chi connectivity index (χ3v) is 4.17. The normalized spacial score (nSPS) is 10.9. The maximum absolute atomic E-state index is 12.8. The number of fused-ring (bicyclic) bond motifs is 1. The van der Waals surface area contributed by atoms with Crippen molar-refractivity contribution in [3.05, 3.63) is 53.0 Å². The Morgan fingerprint density at radius 2 is 2.00 bits per heavy atom. The molecule has 0 atom stereocenters. The van der Waals surface area contributed by atoms with Crippen molar-refractivity contribution in [3.8, 4) is 0 Å². The summed E-state index contributed by atoms with van der Waals surface area (Å²) in [7, 11) is 0. The second kappa shape index (κ2) is 5.54. The lowest BCUT2D eigenvalue weighted by Gasteiger charge is -2.07. The summed E-state index contributed by atoms with van der Waals surface area (Å²) < 4.78 is 12.8. The standard InChI is InChI=1S/C15H14FN3S/c1-10-8-20-15-14(10)13(18-9-19-15)6-7-17-12-4-2-11(16)3-5-12/h2-5,8-9,17H,6-7H2,1H3. The van der Waals surface area contributed by atoms with Gasteiger partial charge in [-0.25, -0.2) is 14.4 Å². The first-order chi connectivity index (χ1) is 9.74. The molecule has 0 spiro atoms. The fraction of sp³-hybridized carbons (Fsp3) is 0.200. The van der Waals surface area contributed by atoms with Gasteiger partial charge in [-0.15, -0.1) is 11.3 Å².